The Kier molecular flexibility index (Phi) is 5.85. The first-order chi connectivity index (χ1) is 9.82. The monoisotopic (exact) mass is 375 g/mol. The first-order valence-electron chi connectivity index (χ1n) is 6.85. The van der Waals surface area contributed by atoms with E-state index in [4.69, 9.17) is 27.9 Å². The average Bonchev–Trinajstić information content (AvgIpc) is 2.81. The van der Waals surface area contributed by atoms with E-state index in [1.165, 1.54) is 44.5 Å². The van der Waals surface area contributed by atoms with E-state index < -0.39 is 14.7 Å². The molecule has 0 nitrogen and oxygen atoms in total. The topological polar surface area (TPSA) is 0 Å². The van der Waals surface area contributed by atoms with E-state index in [9.17, 15) is 0 Å². The van der Waals surface area contributed by atoms with Crippen molar-refractivity contribution in [3.8, 4) is 11.1 Å². The average molecular weight is 377 g/mol. The van der Waals surface area contributed by atoms with Crippen molar-refractivity contribution in [2.24, 2.45) is 0 Å². The van der Waals surface area contributed by atoms with Crippen LogP contribution in [-0.2, 0) is 21.1 Å². The third-order valence-corrected chi connectivity index (χ3v) is 4.11. The van der Waals surface area contributed by atoms with Gasteiger partial charge in [0.05, 0.1) is 0 Å². The maximum atomic E-state index is 4.97. The summed E-state index contributed by atoms with van der Waals surface area (Å²) in [5.74, 6) is 0. The van der Waals surface area contributed by atoms with Gasteiger partial charge >= 0.3 is 42.6 Å². The summed E-state index contributed by atoms with van der Waals surface area (Å²) in [6.45, 7) is 8.92. The van der Waals surface area contributed by atoms with Crippen LogP contribution in [0.2, 0.25) is 0 Å². The fourth-order valence-corrected chi connectivity index (χ4v) is 3.07. The number of hydrogen-bond acceptors (Lipinski definition) is 0. The minimum absolute atomic E-state index is 1.12. The van der Waals surface area contributed by atoms with Gasteiger partial charge in [-0.25, -0.2) is 0 Å². The van der Waals surface area contributed by atoms with E-state index in [-0.39, 0.29) is 0 Å². The second kappa shape index (κ2) is 7.07. The molecule has 0 amide bonds. The number of halogens is 3. The van der Waals surface area contributed by atoms with Crippen molar-refractivity contribution >= 4 is 27.9 Å². The van der Waals surface area contributed by atoms with Crippen molar-refractivity contribution in [1.29, 1.82) is 0 Å². The van der Waals surface area contributed by atoms with E-state index in [1.807, 2.05) is 0 Å². The molecule has 2 aromatic carbocycles. The summed E-state index contributed by atoms with van der Waals surface area (Å²) in [6, 6.07) is 9.02. The van der Waals surface area contributed by atoms with Gasteiger partial charge in [-0.05, 0) is 78.6 Å². The van der Waals surface area contributed by atoms with Gasteiger partial charge in [0.25, 0.3) is 0 Å². The van der Waals surface area contributed by atoms with Crippen LogP contribution in [-0.4, -0.2) is 0 Å². The molecular weight excluding hydrogens is 358 g/mol. The number of benzene rings is 2. The molecule has 2 aromatic rings. The molecular formula is C17H18Cl3Ti. The van der Waals surface area contributed by atoms with Gasteiger partial charge in [0.2, 0.25) is 0 Å². The maximum absolute atomic E-state index is 4.97. The molecule has 0 bridgehead atoms. The van der Waals surface area contributed by atoms with Crippen LogP contribution in [0, 0.1) is 27.7 Å². The fraction of sp³-hybridized carbons (Fsp3) is 0.294. The molecule has 0 heterocycles. The Balaban J connectivity index is 0.000000361. The molecule has 0 atom stereocenters. The zero-order valence-electron chi connectivity index (χ0n) is 12.7. The number of fused-ring (bicyclic) bond motifs is 3. The standard InChI is InChI=1S/C17H18.3ClH.Ti/c1-10-5-7-12(3)16-14(10)9-15-11(2)6-8-13(4)17(15)16;;;;/h5-8H,9H2,1-4H3;3*1H;/q;;;;+3/p-3. The van der Waals surface area contributed by atoms with Crippen molar-refractivity contribution in [1.82, 2.24) is 0 Å². The normalized spacial score (nSPS) is 11.4. The summed E-state index contributed by atoms with van der Waals surface area (Å²) in [7, 11) is 14.9. The zero-order chi connectivity index (χ0) is 15.7. The summed E-state index contributed by atoms with van der Waals surface area (Å²) in [6.07, 6.45) is 1.12. The summed E-state index contributed by atoms with van der Waals surface area (Å²) in [5, 5.41) is 0. The number of hydrogen-bond donors (Lipinski definition) is 0. The third kappa shape index (κ3) is 3.68. The van der Waals surface area contributed by atoms with Crippen LogP contribution in [0.5, 0.6) is 0 Å². The molecule has 1 aliphatic carbocycles. The minimum atomic E-state index is -1.92. The molecule has 0 N–H and O–H groups in total. The number of aryl methyl sites for hydroxylation is 4. The van der Waals surface area contributed by atoms with Gasteiger partial charge in [-0.2, -0.15) is 0 Å². The summed E-state index contributed by atoms with van der Waals surface area (Å²) in [4.78, 5) is 0. The van der Waals surface area contributed by atoms with Crippen molar-refractivity contribution in [2.45, 2.75) is 34.1 Å². The van der Waals surface area contributed by atoms with E-state index in [1.54, 1.807) is 0 Å². The predicted molar refractivity (Wildman–Crippen MR) is 91.2 cm³/mol. The molecule has 0 saturated heterocycles. The fourth-order valence-electron chi connectivity index (χ4n) is 3.07. The second-order valence-electron chi connectivity index (χ2n) is 5.50. The third-order valence-electron chi connectivity index (χ3n) is 4.11. The SMILES string of the molecule is Cc1ccc(C)c2c1Cc1c(C)ccc(C)c1-2.[Cl][Ti]([Cl])[Cl]. The predicted octanol–water partition coefficient (Wildman–Crippen LogP) is 6.56. The van der Waals surface area contributed by atoms with Crippen LogP contribution in [0.25, 0.3) is 11.1 Å². The molecule has 0 fully saturated rings. The Bertz CT molecular complexity index is 620. The van der Waals surface area contributed by atoms with Crippen molar-refractivity contribution < 1.29 is 14.7 Å². The first-order valence-corrected chi connectivity index (χ1v) is 13.3. The quantitative estimate of drug-likeness (QED) is 0.390. The van der Waals surface area contributed by atoms with Crippen LogP contribution in [0.3, 0.4) is 0 Å². The van der Waals surface area contributed by atoms with Crippen LogP contribution in [0.4, 0.5) is 0 Å². The van der Waals surface area contributed by atoms with Gasteiger partial charge in [0, 0.05) is 0 Å². The van der Waals surface area contributed by atoms with Gasteiger partial charge in [0.1, 0.15) is 0 Å². The molecule has 3 rings (SSSR count). The molecule has 4 heteroatoms. The molecule has 21 heavy (non-hydrogen) atoms. The van der Waals surface area contributed by atoms with Crippen molar-refractivity contribution in [3.05, 3.63) is 57.6 Å². The number of rotatable bonds is 0. The van der Waals surface area contributed by atoms with Crippen LogP contribution < -0.4 is 0 Å². The molecule has 1 aliphatic rings. The van der Waals surface area contributed by atoms with Gasteiger partial charge in [-0.1, -0.05) is 24.3 Å². The van der Waals surface area contributed by atoms with Crippen LogP contribution in [0.15, 0.2) is 24.3 Å². The Morgan fingerprint density at radius 1 is 0.667 bits per heavy atom. The van der Waals surface area contributed by atoms with E-state index in [2.05, 4.69) is 52.0 Å². The van der Waals surface area contributed by atoms with Crippen LogP contribution in [0.1, 0.15) is 33.4 Å². The second-order valence-corrected chi connectivity index (χ2v) is 13.2. The van der Waals surface area contributed by atoms with Gasteiger partial charge in [0.15, 0.2) is 0 Å². The van der Waals surface area contributed by atoms with Crippen molar-refractivity contribution in [3.63, 3.8) is 0 Å². The molecule has 0 aromatic heterocycles. The van der Waals surface area contributed by atoms with E-state index in [0.717, 1.165) is 6.42 Å². The summed E-state index contributed by atoms with van der Waals surface area (Å²) in [5.41, 5.74) is 11.8. The Labute approximate surface area is 144 Å². The Morgan fingerprint density at radius 3 is 1.29 bits per heavy atom. The molecule has 0 spiro atoms. The summed E-state index contributed by atoms with van der Waals surface area (Å²) >= 11 is -1.92. The molecule has 0 aliphatic heterocycles. The first kappa shape index (κ1) is 17.4. The molecule has 111 valence electrons. The van der Waals surface area contributed by atoms with Crippen LogP contribution >= 0.6 is 27.9 Å². The van der Waals surface area contributed by atoms with Crippen molar-refractivity contribution in [2.75, 3.05) is 0 Å². The Hall–Kier alpha value is 0.0243. The van der Waals surface area contributed by atoms with E-state index >= 15 is 0 Å². The van der Waals surface area contributed by atoms with Gasteiger partial charge in [-0.3, -0.25) is 0 Å². The summed E-state index contributed by atoms with van der Waals surface area (Å²) < 4.78 is 0. The molecule has 0 unspecified atom stereocenters. The Morgan fingerprint density at radius 2 is 0.952 bits per heavy atom. The molecule has 0 saturated carbocycles. The molecule has 0 radical (unpaired) electrons. The van der Waals surface area contributed by atoms with Gasteiger partial charge < -0.3 is 0 Å². The zero-order valence-corrected chi connectivity index (χ0v) is 16.5. The van der Waals surface area contributed by atoms with Gasteiger partial charge in [-0.15, -0.1) is 0 Å². The van der Waals surface area contributed by atoms with E-state index in [0.29, 0.717) is 0 Å².